The standard InChI is InChI=1S/C39H43N3O3/c1-4-10-30(12-7-5-6-11-29-16-19-34(43)20-17-29)25-35-28(2)23-37-39(40-27-42(37)22-21-38(44)45-3)36(41-35)26-31-15-18-32-13-8-9-14-33(32)24-31/h6,8-9,11-14,16-17,19-20,23,26-27,43H,2,4-5,7,10,15,18,21-22,24-25H2,1,3H3/b11-6+,30-12+,31-26+. The van der Waals surface area contributed by atoms with Gasteiger partial charge >= 0.3 is 5.97 Å². The van der Waals surface area contributed by atoms with E-state index in [4.69, 9.17) is 14.7 Å². The van der Waals surface area contributed by atoms with Crippen molar-refractivity contribution in [2.45, 2.75) is 71.3 Å². The number of methoxy groups -OCH3 is 1. The highest BCUT2D eigenvalue weighted by Crippen LogP contribution is 2.27. The lowest BCUT2D eigenvalue weighted by Gasteiger charge is -2.18. The van der Waals surface area contributed by atoms with Crippen LogP contribution in [0.2, 0.25) is 0 Å². The van der Waals surface area contributed by atoms with Gasteiger partial charge in [-0.25, -0.2) is 4.98 Å². The monoisotopic (exact) mass is 601 g/mol. The Morgan fingerprint density at radius 1 is 1.07 bits per heavy atom. The second kappa shape index (κ2) is 15.3. The predicted molar refractivity (Wildman–Crippen MR) is 183 cm³/mol. The molecule has 2 heterocycles. The van der Waals surface area contributed by atoms with E-state index in [1.807, 2.05) is 16.7 Å². The number of hydrogen-bond donors (Lipinski definition) is 1. The zero-order valence-corrected chi connectivity index (χ0v) is 26.5. The number of aromatic hydroxyl groups is 1. The largest absolute Gasteiger partial charge is 0.508 e. The van der Waals surface area contributed by atoms with Crippen molar-refractivity contribution in [2.24, 2.45) is 4.99 Å². The summed E-state index contributed by atoms with van der Waals surface area (Å²) in [5.41, 5.74) is 9.26. The van der Waals surface area contributed by atoms with Crippen LogP contribution in [0, 0.1) is 0 Å². The van der Waals surface area contributed by atoms with Crippen LogP contribution in [0.3, 0.4) is 0 Å². The molecule has 45 heavy (non-hydrogen) atoms. The van der Waals surface area contributed by atoms with Gasteiger partial charge in [-0.15, -0.1) is 0 Å². The molecule has 0 amide bonds. The molecule has 0 fully saturated rings. The Balaban J connectivity index is 1.43. The van der Waals surface area contributed by atoms with Gasteiger partial charge in [0.05, 0.1) is 36.6 Å². The molecule has 1 aromatic heterocycles. The molecule has 232 valence electrons. The molecule has 0 atom stereocenters. The number of unbranched alkanes of at least 4 members (excludes halogenated alkanes) is 1. The number of ether oxygens (including phenoxy) is 1. The Morgan fingerprint density at radius 3 is 2.64 bits per heavy atom. The number of carbonyl (C=O) groups is 1. The van der Waals surface area contributed by atoms with Gasteiger partial charge in [0.1, 0.15) is 11.1 Å². The first kappa shape index (κ1) is 31.7. The van der Waals surface area contributed by atoms with Gasteiger partial charge in [-0.05, 0) is 85.1 Å². The highest BCUT2D eigenvalue weighted by Gasteiger charge is 2.17. The molecule has 0 saturated heterocycles. The van der Waals surface area contributed by atoms with Crippen LogP contribution >= 0.6 is 0 Å². The number of phenols is 1. The quantitative estimate of drug-likeness (QED) is 0.141. The minimum Gasteiger partial charge on any atom is -0.508 e. The number of phenolic OH excluding ortho intramolecular Hbond substituents is 1. The van der Waals surface area contributed by atoms with Crippen LogP contribution in [0.5, 0.6) is 5.75 Å². The molecule has 3 aromatic rings. The van der Waals surface area contributed by atoms with Crippen LogP contribution in [-0.2, 0) is 28.9 Å². The third-order valence-corrected chi connectivity index (χ3v) is 8.37. The van der Waals surface area contributed by atoms with Crippen molar-refractivity contribution < 1.29 is 14.6 Å². The van der Waals surface area contributed by atoms with E-state index in [1.54, 1.807) is 18.5 Å². The molecule has 5 rings (SSSR count). The Labute approximate surface area is 266 Å². The summed E-state index contributed by atoms with van der Waals surface area (Å²) in [7, 11) is 1.42. The Hall–Kier alpha value is -4.71. The third kappa shape index (κ3) is 8.48. The van der Waals surface area contributed by atoms with Crippen LogP contribution < -0.4 is 10.7 Å². The second-order valence-electron chi connectivity index (χ2n) is 11.7. The van der Waals surface area contributed by atoms with E-state index < -0.39 is 0 Å². The maximum Gasteiger partial charge on any atom is 0.307 e. The number of aliphatic imine (C=N–C) groups is 1. The number of allylic oxidation sites excluding steroid dienone is 5. The summed E-state index contributed by atoms with van der Waals surface area (Å²) < 4.78 is 6.90. The minimum absolute atomic E-state index is 0.249. The summed E-state index contributed by atoms with van der Waals surface area (Å²) in [5, 5.41) is 11.3. The summed E-state index contributed by atoms with van der Waals surface area (Å²) in [6, 6.07) is 15.9. The number of imidazole rings is 1. The van der Waals surface area contributed by atoms with Crippen molar-refractivity contribution in [3.8, 4) is 5.75 Å². The lowest BCUT2D eigenvalue weighted by Crippen LogP contribution is -2.32. The Bertz CT molecular complexity index is 1790. The summed E-state index contributed by atoms with van der Waals surface area (Å²) >= 11 is 0. The first-order valence-corrected chi connectivity index (χ1v) is 15.9. The van der Waals surface area contributed by atoms with Gasteiger partial charge < -0.3 is 14.4 Å². The molecule has 0 unspecified atom stereocenters. The molecule has 0 radical (unpaired) electrons. The number of benzene rings is 2. The van der Waals surface area contributed by atoms with E-state index in [0.29, 0.717) is 6.54 Å². The number of carbonyl (C=O) groups excluding carboxylic acids is 1. The number of hydrogen-bond acceptors (Lipinski definition) is 5. The lowest BCUT2D eigenvalue weighted by atomic mass is 9.87. The van der Waals surface area contributed by atoms with E-state index in [-0.39, 0.29) is 18.1 Å². The highest BCUT2D eigenvalue weighted by molar-refractivity contribution is 6.09. The van der Waals surface area contributed by atoms with Crippen molar-refractivity contribution >= 4 is 29.5 Å². The SMILES string of the molecule is C=C1C=c2c(ncn2CCC(=O)OC)=C(/C=C2\CCc3ccccc3C2)N=C1C/C(=C/CC/C=C/c1ccc(O)cc1)CCC. The molecule has 6 nitrogen and oxygen atoms in total. The molecule has 1 aliphatic heterocycles. The fraction of sp³-hybridized carbons (Fsp3) is 0.308. The molecular weight excluding hydrogens is 558 g/mol. The Kier molecular flexibility index (Phi) is 10.8. The van der Waals surface area contributed by atoms with Crippen LogP contribution in [0.15, 0.2) is 101 Å². The predicted octanol–water partition coefficient (Wildman–Crippen LogP) is 6.78. The second-order valence-corrected chi connectivity index (χ2v) is 11.7. The highest BCUT2D eigenvalue weighted by atomic mass is 16.5. The molecule has 1 aliphatic carbocycles. The molecule has 1 N–H and O–H groups in total. The summed E-state index contributed by atoms with van der Waals surface area (Å²) in [6.45, 7) is 7.14. The number of rotatable bonds is 12. The maximum atomic E-state index is 11.9. The lowest BCUT2D eigenvalue weighted by molar-refractivity contribution is -0.140. The zero-order chi connectivity index (χ0) is 31.6. The third-order valence-electron chi connectivity index (χ3n) is 8.37. The summed E-state index contributed by atoms with van der Waals surface area (Å²) in [5.74, 6) is 0.0302. The molecular formula is C39H43N3O3. The van der Waals surface area contributed by atoms with Crippen molar-refractivity contribution in [1.82, 2.24) is 9.55 Å². The topological polar surface area (TPSA) is 76.7 Å². The molecule has 0 bridgehead atoms. The van der Waals surface area contributed by atoms with Crippen molar-refractivity contribution in [2.75, 3.05) is 7.11 Å². The van der Waals surface area contributed by atoms with Crippen molar-refractivity contribution in [1.29, 1.82) is 0 Å². The fourth-order valence-corrected chi connectivity index (χ4v) is 5.91. The van der Waals surface area contributed by atoms with Crippen LogP contribution in [-0.4, -0.2) is 33.4 Å². The first-order valence-electron chi connectivity index (χ1n) is 15.9. The van der Waals surface area contributed by atoms with E-state index in [1.165, 1.54) is 29.4 Å². The van der Waals surface area contributed by atoms with E-state index >= 15 is 0 Å². The van der Waals surface area contributed by atoms with Gasteiger partial charge in [0.15, 0.2) is 0 Å². The minimum atomic E-state index is -0.249. The van der Waals surface area contributed by atoms with Gasteiger partial charge in [0.25, 0.3) is 0 Å². The molecule has 0 saturated carbocycles. The number of esters is 1. The fourth-order valence-electron chi connectivity index (χ4n) is 5.91. The molecule has 2 aliphatic rings. The first-order chi connectivity index (χ1) is 21.9. The van der Waals surface area contributed by atoms with Gasteiger partial charge in [-0.3, -0.25) is 9.79 Å². The normalized spacial score (nSPS) is 15.8. The van der Waals surface area contributed by atoms with E-state index in [0.717, 1.165) is 84.6 Å². The average molecular weight is 602 g/mol. The number of aryl methyl sites for hydroxylation is 2. The van der Waals surface area contributed by atoms with Crippen LogP contribution in [0.25, 0.3) is 17.8 Å². The van der Waals surface area contributed by atoms with Crippen molar-refractivity contribution in [3.05, 3.63) is 124 Å². The maximum absolute atomic E-state index is 11.9. The average Bonchev–Trinajstić information content (AvgIpc) is 3.39. The Morgan fingerprint density at radius 2 is 1.87 bits per heavy atom. The summed E-state index contributed by atoms with van der Waals surface area (Å²) in [6.07, 6.45) is 20.6. The molecule has 6 heteroatoms. The smallest absolute Gasteiger partial charge is 0.307 e. The van der Waals surface area contributed by atoms with Gasteiger partial charge in [0.2, 0.25) is 0 Å². The zero-order valence-electron chi connectivity index (χ0n) is 26.5. The molecule has 0 spiro atoms. The molecule has 2 aromatic carbocycles. The van der Waals surface area contributed by atoms with Crippen molar-refractivity contribution in [3.63, 3.8) is 0 Å². The number of nitrogens with zero attached hydrogens (tertiary/aromatic N) is 3. The number of fused-ring (bicyclic) bond motifs is 2. The van der Waals surface area contributed by atoms with Gasteiger partial charge in [0, 0.05) is 13.0 Å². The number of aromatic nitrogens is 2. The van der Waals surface area contributed by atoms with Gasteiger partial charge in [-0.2, -0.15) is 0 Å². The van der Waals surface area contributed by atoms with Crippen LogP contribution in [0.1, 0.15) is 68.6 Å². The van der Waals surface area contributed by atoms with Gasteiger partial charge in [-0.1, -0.05) is 85.7 Å². The summed E-state index contributed by atoms with van der Waals surface area (Å²) in [4.78, 5) is 22.0. The van der Waals surface area contributed by atoms with E-state index in [9.17, 15) is 9.90 Å². The van der Waals surface area contributed by atoms with E-state index in [2.05, 4.69) is 68.1 Å². The van der Waals surface area contributed by atoms with Crippen LogP contribution in [0.4, 0.5) is 0 Å².